The Kier molecular flexibility index (Phi) is 5.63. The number of carbonyl (C=O) groups is 3. The zero-order valence-electron chi connectivity index (χ0n) is 20.6. The van der Waals surface area contributed by atoms with Crippen LogP contribution in [-0.2, 0) is 13.0 Å². The SMILES string of the molecule is CC(=O)c1ccc2c(c1C)CC[C@@H]2NC(=O)c1cc(C(=O)NCc2ccc3nonc3c2)nc2ncnn12. The Morgan fingerprint density at radius 3 is 2.76 bits per heavy atom. The molecule has 0 radical (unpaired) electrons. The number of hydrogen-bond donors (Lipinski definition) is 2. The molecule has 0 saturated heterocycles. The van der Waals surface area contributed by atoms with Crippen molar-refractivity contribution >= 4 is 34.4 Å². The molecule has 0 saturated carbocycles. The van der Waals surface area contributed by atoms with Crippen molar-refractivity contribution in [2.75, 3.05) is 0 Å². The second-order valence-electron chi connectivity index (χ2n) is 9.20. The smallest absolute Gasteiger partial charge is 0.270 e. The third-order valence-electron chi connectivity index (χ3n) is 6.87. The van der Waals surface area contributed by atoms with Crippen molar-refractivity contribution in [1.29, 1.82) is 0 Å². The van der Waals surface area contributed by atoms with E-state index in [1.165, 1.54) is 16.9 Å². The van der Waals surface area contributed by atoms with E-state index in [2.05, 4.69) is 36.0 Å². The summed E-state index contributed by atoms with van der Waals surface area (Å²) >= 11 is 0. The summed E-state index contributed by atoms with van der Waals surface area (Å²) in [5.41, 5.74) is 5.90. The number of rotatable bonds is 6. The van der Waals surface area contributed by atoms with Gasteiger partial charge in [-0.05, 0) is 71.4 Å². The molecule has 6 rings (SSSR count). The van der Waals surface area contributed by atoms with Gasteiger partial charge in [0.2, 0.25) is 0 Å². The van der Waals surface area contributed by atoms with Gasteiger partial charge in [0.05, 0.1) is 6.04 Å². The molecule has 3 heterocycles. The van der Waals surface area contributed by atoms with E-state index in [1.807, 2.05) is 19.1 Å². The van der Waals surface area contributed by atoms with Crippen molar-refractivity contribution in [3.8, 4) is 0 Å². The lowest BCUT2D eigenvalue weighted by Crippen LogP contribution is -2.30. The third kappa shape index (κ3) is 4.05. The van der Waals surface area contributed by atoms with E-state index in [1.54, 1.807) is 25.1 Å². The van der Waals surface area contributed by atoms with E-state index in [-0.39, 0.29) is 35.5 Å². The second-order valence-corrected chi connectivity index (χ2v) is 9.20. The van der Waals surface area contributed by atoms with Crippen molar-refractivity contribution in [3.63, 3.8) is 0 Å². The zero-order valence-corrected chi connectivity index (χ0v) is 20.6. The first-order valence-corrected chi connectivity index (χ1v) is 12.0. The summed E-state index contributed by atoms with van der Waals surface area (Å²) in [6, 6.07) is 10.2. The van der Waals surface area contributed by atoms with Gasteiger partial charge < -0.3 is 10.6 Å². The van der Waals surface area contributed by atoms with Gasteiger partial charge in [0.15, 0.2) is 5.78 Å². The number of benzene rings is 2. The third-order valence-corrected chi connectivity index (χ3v) is 6.87. The van der Waals surface area contributed by atoms with Gasteiger partial charge in [0.25, 0.3) is 17.6 Å². The molecule has 12 nitrogen and oxygen atoms in total. The van der Waals surface area contributed by atoms with E-state index < -0.39 is 11.8 Å². The maximum absolute atomic E-state index is 13.4. The highest BCUT2D eigenvalue weighted by Crippen LogP contribution is 2.35. The van der Waals surface area contributed by atoms with Crippen LogP contribution in [0.5, 0.6) is 0 Å². The highest BCUT2D eigenvalue weighted by Gasteiger charge is 2.28. The number of nitrogens with one attached hydrogen (secondary N) is 2. The summed E-state index contributed by atoms with van der Waals surface area (Å²) in [6.07, 6.45) is 2.74. The van der Waals surface area contributed by atoms with Crippen LogP contribution in [0.15, 0.2) is 47.4 Å². The summed E-state index contributed by atoms with van der Waals surface area (Å²) in [7, 11) is 0. The van der Waals surface area contributed by atoms with E-state index in [4.69, 9.17) is 4.63 Å². The van der Waals surface area contributed by atoms with Crippen LogP contribution in [0.2, 0.25) is 0 Å². The van der Waals surface area contributed by atoms with Crippen LogP contribution in [0, 0.1) is 6.92 Å². The van der Waals surface area contributed by atoms with Gasteiger partial charge >= 0.3 is 0 Å². The molecule has 38 heavy (non-hydrogen) atoms. The Morgan fingerprint density at radius 1 is 1.08 bits per heavy atom. The van der Waals surface area contributed by atoms with Crippen LogP contribution in [-0.4, -0.2) is 47.5 Å². The van der Waals surface area contributed by atoms with Crippen LogP contribution >= 0.6 is 0 Å². The molecule has 1 aliphatic rings. The lowest BCUT2D eigenvalue weighted by Gasteiger charge is -2.16. The minimum atomic E-state index is -0.471. The Hall–Kier alpha value is -5.00. The fourth-order valence-electron chi connectivity index (χ4n) is 4.94. The highest BCUT2D eigenvalue weighted by atomic mass is 16.6. The average molecular weight is 511 g/mol. The first kappa shape index (κ1) is 23.4. The quantitative estimate of drug-likeness (QED) is 0.328. The van der Waals surface area contributed by atoms with Gasteiger partial charge in [-0.3, -0.25) is 14.4 Å². The molecule has 190 valence electrons. The summed E-state index contributed by atoms with van der Waals surface area (Å²) < 4.78 is 6.01. The molecule has 1 atom stereocenters. The van der Waals surface area contributed by atoms with Crippen LogP contribution in [0.3, 0.4) is 0 Å². The number of fused-ring (bicyclic) bond motifs is 3. The molecule has 2 amide bonds. The first-order valence-electron chi connectivity index (χ1n) is 12.0. The molecule has 2 N–H and O–H groups in total. The minimum absolute atomic E-state index is 0.0182. The van der Waals surface area contributed by atoms with Crippen LogP contribution in [0.1, 0.15) is 73.0 Å². The molecule has 0 aliphatic heterocycles. The predicted octanol–water partition coefficient (Wildman–Crippen LogP) is 2.52. The molecule has 5 aromatic rings. The van der Waals surface area contributed by atoms with Crippen molar-refractivity contribution in [2.24, 2.45) is 0 Å². The fourth-order valence-corrected chi connectivity index (χ4v) is 4.94. The highest BCUT2D eigenvalue weighted by molar-refractivity contribution is 5.98. The monoisotopic (exact) mass is 510 g/mol. The van der Waals surface area contributed by atoms with Crippen molar-refractivity contribution in [3.05, 3.63) is 81.9 Å². The lowest BCUT2D eigenvalue weighted by atomic mass is 9.96. The number of carbonyl (C=O) groups excluding carboxylic acids is 3. The minimum Gasteiger partial charge on any atom is -0.347 e. The van der Waals surface area contributed by atoms with E-state index in [9.17, 15) is 14.4 Å². The van der Waals surface area contributed by atoms with Gasteiger partial charge in [-0.15, -0.1) is 0 Å². The molecular formula is C26H22N8O4. The predicted molar refractivity (Wildman–Crippen MR) is 133 cm³/mol. The molecule has 3 aromatic heterocycles. The number of nitrogens with zero attached hydrogens (tertiary/aromatic N) is 6. The van der Waals surface area contributed by atoms with Crippen LogP contribution in [0.4, 0.5) is 0 Å². The van der Waals surface area contributed by atoms with Crippen molar-refractivity contribution < 1.29 is 19.0 Å². The summed E-state index contributed by atoms with van der Waals surface area (Å²) in [4.78, 5) is 46.6. The van der Waals surface area contributed by atoms with Crippen molar-refractivity contribution in [2.45, 2.75) is 39.3 Å². The van der Waals surface area contributed by atoms with Gasteiger partial charge in [-0.25, -0.2) is 9.61 Å². The molecule has 2 aromatic carbocycles. The molecule has 1 aliphatic carbocycles. The maximum Gasteiger partial charge on any atom is 0.270 e. The number of ketones is 1. The van der Waals surface area contributed by atoms with Crippen molar-refractivity contribution in [1.82, 2.24) is 40.5 Å². The van der Waals surface area contributed by atoms with E-state index in [0.717, 1.165) is 28.7 Å². The van der Waals surface area contributed by atoms with Crippen LogP contribution < -0.4 is 10.6 Å². The second kappa shape index (κ2) is 9.14. The molecule has 12 heteroatoms. The van der Waals surface area contributed by atoms with E-state index >= 15 is 0 Å². The number of hydrogen-bond acceptors (Lipinski definition) is 9. The molecule has 0 bridgehead atoms. The van der Waals surface area contributed by atoms with Crippen LogP contribution in [0.25, 0.3) is 16.8 Å². The molecule has 0 fully saturated rings. The van der Waals surface area contributed by atoms with Gasteiger partial charge in [-0.1, -0.05) is 18.2 Å². The molecule has 0 spiro atoms. The fraction of sp³-hybridized carbons (Fsp3) is 0.231. The number of amides is 2. The zero-order chi connectivity index (χ0) is 26.4. The summed E-state index contributed by atoms with van der Waals surface area (Å²) in [5.74, 6) is -0.732. The Bertz CT molecular complexity index is 1760. The number of aromatic nitrogens is 6. The standard InChI is InChI=1S/C26H22N8O4/c1-13-16(14(2)35)4-5-18-17(13)6-8-19(18)30-25(37)23-10-22(31-26-28-12-29-34(23)26)24(36)27-11-15-3-7-20-21(9-15)33-38-32-20/h3-5,7,9-10,12,19H,6,8,11H2,1-2H3,(H,27,36)(H,30,37)/t19-/m0/s1. The summed E-state index contributed by atoms with van der Waals surface area (Å²) in [5, 5.41) is 17.5. The Morgan fingerprint density at radius 2 is 1.92 bits per heavy atom. The maximum atomic E-state index is 13.4. The first-order chi connectivity index (χ1) is 18.4. The Balaban J connectivity index is 1.23. The summed E-state index contributed by atoms with van der Waals surface area (Å²) in [6.45, 7) is 3.70. The number of Topliss-reactive ketones (excluding diaryl/α,β-unsaturated/α-hetero) is 1. The lowest BCUT2D eigenvalue weighted by molar-refractivity contribution is 0.0927. The largest absolute Gasteiger partial charge is 0.347 e. The van der Waals surface area contributed by atoms with Gasteiger partial charge in [-0.2, -0.15) is 14.6 Å². The van der Waals surface area contributed by atoms with Gasteiger partial charge in [0, 0.05) is 18.2 Å². The van der Waals surface area contributed by atoms with Gasteiger partial charge in [0.1, 0.15) is 28.7 Å². The molecule has 0 unspecified atom stereocenters. The molecular weight excluding hydrogens is 488 g/mol. The Labute approximate surface area is 215 Å². The topological polar surface area (TPSA) is 157 Å². The van der Waals surface area contributed by atoms with E-state index in [0.29, 0.717) is 23.0 Å². The normalized spacial score (nSPS) is 14.5. The average Bonchev–Trinajstić information content (AvgIpc) is 3.66.